The number of anilines is 1. The molecule has 2 rings (SSSR count). The first-order valence-corrected chi connectivity index (χ1v) is 4.59. The minimum Gasteiger partial charge on any atom is -0.382 e. The number of nitrogens with zero attached hydrogens (tertiary/aromatic N) is 2. The highest BCUT2D eigenvalue weighted by atomic mass is 15.3. The fourth-order valence-corrected chi connectivity index (χ4v) is 1.43. The molecule has 14 heavy (non-hydrogen) atoms. The minimum atomic E-state index is 0.568. The van der Waals surface area contributed by atoms with Crippen LogP contribution in [0.1, 0.15) is 11.1 Å². The van der Waals surface area contributed by atoms with Gasteiger partial charge in [-0.15, -0.1) is 0 Å². The Labute approximate surface area is 83.2 Å². The largest absolute Gasteiger partial charge is 0.382 e. The lowest BCUT2D eigenvalue weighted by Crippen LogP contribution is -2.02. The molecule has 1 aromatic carbocycles. The highest BCUT2D eigenvalue weighted by Gasteiger charge is 1.99. The Morgan fingerprint density at radius 3 is 2.71 bits per heavy atom. The van der Waals surface area contributed by atoms with Crippen molar-refractivity contribution in [1.82, 2.24) is 9.78 Å². The van der Waals surface area contributed by atoms with Crippen LogP contribution < -0.4 is 5.73 Å². The molecule has 1 aromatic heterocycles. The molecule has 0 saturated heterocycles. The van der Waals surface area contributed by atoms with E-state index < -0.39 is 0 Å². The quantitative estimate of drug-likeness (QED) is 0.779. The van der Waals surface area contributed by atoms with Crippen LogP contribution in [0.2, 0.25) is 0 Å². The van der Waals surface area contributed by atoms with Gasteiger partial charge in [0.2, 0.25) is 0 Å². The fraction of sp³-hybridized carbons (Fsp3) is 0.182. The summed E-state index contributed by atoms with van der Waals surface area (Å²) in [7, 11) is 0. The maximum Gasteiger partial charge on any atom is 0.145 e. The van der Waals surface area contributed by atoms with E-state index in [1.54, 1.807) is 6.07 Å². The van der Waals surface area contributed by atoms with Crippen LogP contribution in [0.25, 0.3) is 0 Å². The van der Waals surface area contributed by atoms with Crippen molar-refractivity contribution in [2.45, 2.75) is 13.5 Å². The van der Waals surface area contributed by atoms with Crippen LogP contribution in [0.4, 0.5) is 5.82 Å². The lowest BCUT2D eigenvalue weighted by atomic mass is 10.1. The van der Waals surface area contributed by atoms with Gasteiger partial charge in [-0.1, -0.05) is 24.3 Å². The average molecular weight is 187 g/mol. The molecule has 2 aromatic rings. The van der Waals surface area contributed by atoms with Gasteiger partial charge in [-0.05, 0) is 24.1 Å². The predicted octanol–water partition coefficient (Wildman–Crippen LogP) is 1.82. The normalized spacial score (nSPS) is 10.4. The van der Waals surface area contributed by atoms with Gasteiger partial charge >= 0.3 is 0 Å². The molecular formula is C11H13N3. The monoisotopic (exact) mass is 187 g/mol. The van der Waals surface area contributed by atoms with Crippen molar-refractivity contribution in [1.29, 1.82) is 0 Å². The van der Waals surface area contributed by atoms with Gasteiger partial charge in [0.1, 0.15) is 5.82 Å². The van der Waals surface area contributed by atoms with Crippen LogP contribution in [0.5, 0.6) is 0 Å². The summed E-state index contributed by atoms with van der Waals surface area (Å²) in [6.07, 6.45) is 1.89. The third-order valence-electron chi connectivity index (χ3n) is 2.25. The van der Waals surface area contributed by atoms with Gasteiger partial charge in [-0.2, -0.15) is 5.10 Å². The summed E-state index contributed by atoms with van der Waals surface area (Å²) in [5.74, 6) is 0.568. The summed E-state index contributed by atoms with van der Waals surface area (Å²) in [5, 5.41) is 4.14. The van der Waals surface area contributed by atoms with Crippen molar-refractivity contribution >= 4 is 5.82 Å². The molecule has 1 heterocycles. The number of nitrogens with two attached hydrogens (primary N) is 1. The van der Waals surface area contributed by atoms with Crippen molar-refractivity contribution in [2.24, 2.45) is 0 Å². The number of nitrogen functional groups attached to an aromatic ring is 1. The number of hydrogen-bond donors (Lipinski definition) is 1. The van der Waals surface area contributed by atoms with Gasteiger partial charge in [0.25, 0.3) is 0 Å². The SMILES string of the molecule is Cc1ccccc1Cn1ccc(N)n1. The molecule has 0 spiro atoms. The van der Waals surface area contributed by atoms with E-state index in [2.05, 4.69) is 24.2 Å². The second-order valence-electron chi connectivity index (χ2n) is 3.36. The van der Waals surface area contributed by atoms with E-state index in [1.165, 1.54) is 11.1 Å². The molecule has 0 aliphatic carbocycles. The van der Waals surface area contributed by atoms with Crippen LogP contribution in [0, 0.1) is 6.92 Å². The smallest absolute Gasteiger partial charge is 0.145 e. The van der Waals surface area contributed by atoms with Gasteiger partial charge in [-0.3, -0.25) is 4.68 Å². The van der Waals surface area contributed by atoms with Gasteiger partial charge in [0.15, 0.2) is 0 Å². The molecule has 3 nitrogen and oxygen atoms in total. The summed E-state index contributed by atoms with van der Waals surface area (Å²) in [4.78, 5) is 0. The standard InChI is InChI=1S/C11H13N3/c1-9-4-2-3-5-10(9)8-14-7-6-11(12)13-14/h2-7H,8H2,1H3,(H2,12,13). The first-order chi connectivity index (χ1) is 6.75. The predicted molar refractivity (Wildman–Crippen MR) is 56.9 cm³/mol. The van der Waals surface area contributed by atoms with Crippen LogP contribution in [-0.4, -0.2) is 9.78 Å². The number of aryl methyl sites for hydroxylation is 1. The number of aromatic nitrogens is 2. The number of benzene rings is 1. The lowest BCUT2D eigenvalue weighted by molar-refractivity contribution is 0.687. The van der Waals surface area contributed by atoms with Gasteiger partial charge < -0.3 is 5.73 Å². The summed E-state index contributed by atoms with van der Waals surface area (Å²) >= 11 is 0. The third kappa shape index (κ3) is 1.76. The molecule has 0 fully saturated rings. The summed E-state index contributed by atoms with van der Waals surface area (Å²) in [5.41, 5.74) is 8.09. The molecule has 0 saturated carbocycles. The highest BCUT2D eigenvalue weighted by molar-refractivity contribution is 5.27. The first-order valence-electron chi connectivity index (χ1n) is 4.59. The van der Waals surface area contributed by atoms with E-state index in [1.807, 2.05) is 23.0 Å². The summed E-state index contributed by atoms with van der Waals surface area (Å²) in [6.45, 7) is 2.88. The van der Waals surface area contributed by atoms with E-state index in [9.17, 15) is 0 Å². The molecule has 0 unspecified atom stereocenters. The molecule has 0 aliphatic rings. The Morgan fingerprint density at radius 2 is 2.07 bits per heavy atom. The summed E-state index contributed by atoms with van der Waals surface area (Å²) < 4.78 is 1.84. The van der Waals surface area contributed by atoms with E-state index in [0.29, 0.717) is 5.82 Å². The second-order valence-corrected chi connectivity index (χ2v) is 3.36. The van der Waals surface area contributed by atoms with E-state index in [4.69, 9.17) is 5.73 Å². The van der Waals surface area contributed by atoms with E-state index >= 15 is 0 Å². The maximum absolute atomic E-state index is 5.54. The Morgan fingerprint density at radius 1 is 1.29 bits per heavy atom. The van der Waals surface area contributed by atoms with Crippen LogP contribution in [-0.2, 0) is 6.54 Å². The zero-order chi connectivity index (χ0) is 9.97. The molecule has 0 amide bonds. The topological polar surface area (TPSA) is 43.8 Å². The van der Waals surface area contributed by atoms with Crippen molar-refractivity contribution < 1.29 is 0 Å². The van der Waals surface area contributed by atoms with Crippen LogP contribution >= 0.6 is 0 Å². The van der Waals surface area contributed by atoms with Crippen molar-refractivity contribution in [2.75, 3.05) is 5.73 Å². The zero-order valence-electron chi connectivity index (χ0n) is 8.14. The minimum absolute atomic E-state index is 0.568. The Bertz CT molecular complexity index is 432. The maximum atomic E-state index is 5.54. The molecule has 0 aliphatic heterocycles. The Balaban J connectivity index is 2.23. The van der Waals surface area contributed by atoms with Crippen molar-refractivity contribution in [3.63, 3.8) is 0 Å². The Kier molecular flexibility index (Phi) is 2.23. The van der Waals surface area contributed by atoms with Crippen molar-refractivity contribution in [3.8, 4) is 0 Å². The fourth-order valence-electron chi connectivity index (χ4n) is 1.43. The third-order valence-corrected chi connectivity index (χ3v) is 2.25. The molecule has 2 N–H and O–H groups in total. The number of rotatable bonds is 2. The van der Waals surface area contributed by atoms with Gasteiger partial charge in [0.05, 0.1) is 6.54 Å². The van der Waals surface area contributed by atoms with Crippen LogP contribution in [0.15, 0.2) is 36.5 Å². The lowest BCUT2D eigenvalue weighted by Gasteiger charge is -2.04. The first kappa shape index (κ1) is 8.81. The van der Waals surface area contributed by atoms with E-state index in [0.717, 1.165) is 6.54 Å². The average Bonchev–Trinajstić information content (AvgIpc) is 2.56. The van der Waals surface area contributed by atoms with E-state index in [-0.39, 0.29) is 0 Å². The molecule has 0 bridgehead atoms. The van der Waals surface area contributed by atoms with Crippen molar-refractivity contribution in [3.05, 3.63) is 47.7 Å². The zero-order valence-corrected chi connectivity index (χ0v) is 8.14. The molecule has 0 radical (unpaired) electrons. The molecule has 0 atom stereocenters. The van der Waals surface area contributed by atoms with Gasteiger partial charge in [0, 0.05) is 6.20 Å². The Hall–Kier alpha value is -1.77. The molecule has 3 heteroatoms. The molecular weight excluding hydrogens is 174 g/mol. The van der Waals surface area contributed by atoms with Gasteiger partial charge in [-0.25, -0.2) is 0 Å². The highest BCUT2D eigenvalue weighted by Crippen LogP contribution is 2.09. The van der Waals surface area contributed by atoms with Crippen LogP contribution in [0.3, 0.4) is 0 Å². The number of hydrogen-bond acceptors (Lipinski definition) is 2. The molecule has 72 valence electrons. The summed E-state index contributed by atoms with van der Waals surface area (Å²) in [6, 6.07) is 10.1. The second kappa shape index (κ2) is 3.54.